The molecular weight excluding hydrogens is 222 g/mol. The summed E-state index contributed by atoms with van der Waals surface area (Å²) in [6, 6.07) is 11.4. The summed E-state index contributed by atoms with van der Waals surface area (Å²) in [5, 5.41) is 9.96. The second-order valence-electron chi connectivity index (χ2n) is 3.73. The number of nitrogens with two attached hydrogens (primary N) is 1. The Balaban J connectivity index is 2.61. The van der Waals surface area contributed by atoms with Gasteiger partial charge in [0, 0.05) is 5.56 Å². The van der Waals surface area contributed by atoms with Crippen LogP contribution in [0.2, 0.25) is 5.02 Å². The van der Waals surface area contributed by atoms with Gasteiger partial charge in [-0.25, -0.2) is 0 Å². The molecule has 3 heteroatoms. The predicted octanol–water partition coefficient (Wildman–Crippen LogP) is 3.60. The van der Waals surface area contributed by atoms with E-state index in [9.17, 15) is 5.11 Å². The van der Waals surface area contributed by atoms with E-state index in [4.69, 9.17) is 17.3 Å². The number of aryl methyl sites for hydroxylation is 1. The Morgan fingerprint density at radius 2 is 1.94 bits per heavy atom. The standard InChI is InChI=1S/C13H12ClNO/c1-8-3-2-4-9(7-8)10-5-6-11(15)13(16)12(10)14/h2-7,16H,15H2,1H3. The van der Waals surface area contributed by atoms with Crippen molar-refractivity contribution in [3.8, 4) is 16.9 Å². The normalized spacial score (nSPS) is 10.4. The van der Waals surface area contributed by atoms with Gasteiger partial charge in [0.15, 0.2) is 5.75 Å². The van der Waals surface area contributed by atoms with Crippen molar-refractivity contribution in [2.24, 2.45) is 0 Å². The van der Waals surface area contributed by atoms with Crippen LogP contribution < -0.4 is 5.73 Å². The van der Waals surface area contributed by atoms with Gasteiger partial charge in [0.25, 0.3) is 0 Å². The van der Waals surface area contributed by atoms with E-state index in [1.807, 2.05) is 37.3 Å². The lowest BCUT2D eigenvalue weighted by Crippen LogP contribution is -1.88. The fourth-order valence-corrected chi connectivity index (χ4v) is 1.90. The number of phenolic OH excluding ortho intramolecular Hbond substituents is 1. The van der Waals surface area contributed by atoms with Crippen molar-refractivity contribution < 1.29 is 5.11 Å². The van der Waals surface area contributed by atoms with Crippen LogP contribution in [-0.4, -0.2) is 5.11 Å². The Hall–Kier alpha value is -1.67. The van der Waals surface area contributed by atoms with Crippen molar-refractivity contribution in [1.82, 2.24) is 0 Å². The zero-order valence-electron chi connectivity index (χ0n) is 8.87. The minimum absolute atomic E-state index is 0.0549. The average Bonchev–Trinajstić information content (AvgIpc) is 2.26. The molecule has 2 aromatic carbocycles. The highest BCUT2D eigenvalue weighted by Gasteiger charge is 2.10. The van der Waals surface area contributed by atoms with Gasteiger partial charge in [0.2, 0.25) is 0 Å². The maximum absolute atomic E-state index is 9.66. The molecule has 0 bridgehead atoms. The summed E-state index contributed by atoms with van der Waals surface area (Å²) < 4.78 is 0. The molecule has 2 nitrogen and oxygen atoms in total. The molecule has 0 atom stereocenters. The number of hydrogen-bond acceptors (Lipinski definition) is 2. The summed E-state index contributed by atoms with van der Waals surface area (Å²) in [6.45, 7) is 2.01. The zero-order chi connectivity index (χ0) is 11.7. The van der Waals surface area contributed by atoms with Crippen molar-refractivity contribution in [2.45, 2.75) is 6.92 Å². The minimum Gasteiger partial charge on any atom is -0.504 e. The Morgan fingerprint density at radius 3 is 2.62 bits per heavy atom. The van der Waals surface area contributed by atoms with E-state index in [0.717, 1.165) is 16.7 Å². The first kappa shape index (κ1) is 10.8. The largest absolute Gasteiger partial charge is 0.504 e. The third-order valence-electron chi connectivity index (χ3n) is 2.48. The van der Waals surface area contributed by atoms with Gasteiger partial charge in [-0.05, 0) is 18.6 Å². The smallest absolute Gasteiger partial charge is 0.157 e. The third kappa shape index (κ3) is 1.84. The molecule has 0 radical (unpaired) electrons. The summed E-state index contributed by atoms with van der Waals surface area (Å²) in [5.41, 5.74) is 8.76. The molecule has 16 heavy (non-hydrogen) atoms. The first-order chi connectivity index (χ1) is 7.59. The van der Waals surface area contributed by atoms with E-state index in [1.165, 1.54) is 0 Å². The monoisotopic (exact) mass is 233 g/mol. The average molecular weight is 234 g/mol. The van der Waals surface area contributed by atoms with E-state index in [-0.39, 0.29) is 5.75 Å². The molecule has 0 spiro atoms. The Labute approximate surface area is 99.3 Å². The van der Waals surface area contributed by atoms with E-state index in [2.05, 4.69) is 0 Å². The molecule has 0 heterocycles. The molecular formula is C13H12ClNO. The van der Waals surface area contributed by atoms with Crippen molar-refractivity contribution in [1.29, 1.82) is 0 Å². The number of phenols is 1. The van der Waals surface area contributed by atoms with Gasteiger partial charge in [-0.1, -0.05) is 47.5 Å². The van der Waals surface area contributed by atoms with Crippen LogP contribution in [0.25, 0.3) is 11.1 Å². The summed E-state index contributed by atoms with van der Waals surface area (Å²) in [6.07, 6.45) is 0. The van der Waals surface area contributed by atoms with Crippen LogP contribution in [-0.2, 0) is 0 Å². The van der Waals surface area contributed by atoms with Crippen molar-refractivity contribution in [3.05, 3.63) is 47.0 Å². The molecule has 0 aromatic heterocycles. The Morgan fingerprint density at radius 1 is 1.19 bits per heavy atom. The molecule has 0 aliphatic rings. The summed E-state index contributed by atoms with van der Waals surface area (Å²) in [4.78, 5) is 0. The fourth-order valence-electron chi connectivity index (χ4n) is 1.62. The molecule has 2 rings (SSSR count). The first-order valence-corrected chi connectivity index (χ1v) is 5.31. The first-order valence-electron chi connectivity index (χ1n) is 4.93. The molecule has 0 amide bonds. The molecule has 82 valence electrons. The van der Waals surface area contributed by atoms with Gasteiger partial charge in [-0.15, -0.1) is 0 Å². The highest BCUT2D eigenvalue weighted by molar-refractivity contribution is 6.35. The maximum atomic E-state index is 9.66. The highest BCUT2D eigenvalue weighted by Crippen LogP contribution is 2.38. The molecule has 0 fully saturated rings. The van der Waals surface area contributed by atoms with Gasteiger partial charge in [0.1, 0.15) is 0 Å². The van der Waals surface area contributed by atoms with Gasteiger partial charge in [-0.2, -0.15) is 0 Å². The van der Waals surface area contributed by atoms with Crippen molar-refractivity contribution in [3.63, 3.8) is 0 Å². The van der Waals surface area contributed by atoms with Crippen LogP contribution in [0.4, 0.5) is 5.69 Å². The number of anilines is 1. The Bertz CT molecular complexity index is 537. The molecule has 0 unspecified atom stereocenters. The highest BCUT2D eigenvalue weighted by atomic mass is 35.5. The van der Waals surface area contributed by atoms with E-state index < -0.39 is 0 Å². The molecule has 0 aliphatic heterocycles. The van der Waals surface area contributed by atoms with Crippen LogP contribution in [0.3, 0.4) is 0 Å². The summed E-state index contributed by atoms with van der Waals surface area (Å²) >= 11 is 6.06. The lowest BCUT2D eigenvalue weighted by atomic mass is 10.0. The number of rotatable bonds is 1. The number of aromatic hydroxyl groups is 1. The minimum atomic E-state index is -0.0549. The SMILES string of the molecule is Cc1cccc(-c2ccc(N)c(O)c2Cl)c1. The number of nitrogen functional groups attached to an aromatic ring is 1. The quantitative estimate of drug-likeness (QED) is 0.584. The summed E-state index contributed by atoms with van der Waals surface area (Å²) in [5.74, 6) is -0.0549. The van der Waals surface area contributed by atoms with Crippen LogP contribution in [0.15, 0.2) is 36.4 Å². The predicted molar refractivity (Wildman–Crippen MR) is 67.7 cm³/mol. The van der Waals surface area contributed by atoms with Gasteiger partial charge in [0.05, 0.1) is 10.7 Å². The van der Waals surface area contributed by atoms with Crippen LogP contribution in [0.1, 0.15) is 5.56 Å². The lowest BCUT2D eigenvalue weighted by molar-refractivity contribution is 0.478. The van der Waals surface area contributed by atoms with Crippen LogP contribution in [0.5, 0.6) is 5.75 Å². The van der Waals surface area contributed by atoms with Gasteiger partial charge >= 0.3 is 0 Å². The van der Waals surface area contributed by atoms with Crippen molar-refractivity contribution >= 4 is 17.3 Å². The second kappa shape index (κ2) is 4.06. The topological polar surface area (TPSA) is 46.2 Å². The number of hydrogen-bond donors (Lipinski definition) is 2. The van der Waals surface area contributed by atoms with Crippen LogP contribution >= 0.6 is 11.6 Å². The molecule has 2 aromatic rings. The molecule has 0 aliphatic carbocycles. The van der Waals surface area contributed by atoms with Crippen LogP contribution in [0, 0.1) is 6.92 Å². The van der Waals surface area contributed by atoms with Gasteiger partial charge < -0.3 is 10.8 Å². The molecule has 0 saturated carbocycles. The third-order valence-corrected chi connectivity index (χ3v) is 2.86. The molecule has 3 N–H and O–H groups in total. The van der Waals surface area contributed by atoms with Crippen molar-refractivity contribution in [2.75, 3.05) is 5.73 Å². The second-order valence-corrected chi connectivity index (χ2v) is 4.11. The molecule has 0 saturated heterocycles. The summed E-state index contributed by atoms with van der Waals surface area (Å²) in [7, 11) is 0. The fraction of sp³-hybridized carbons (Fsp3) is 0.0769. The van der Waals surface area contributed by atoms with E-state index in [0.29, 0.717) is 10.7 Å². The number of benzene rings is 2. The number of halogens is 1. The van der Waals surface area contributed by atoms with E-state index >= 15 is 0 Å². The van der Waals surface area contributed by atoms with Gasteiger partial charge in [-0.3, -0.25) is 0 Å². The lowest BCUT2D eigenvalue weighted by Gasteiger charge is -2.08. The van der Waals surface area contributed by atoms with E-state index in [1.54, 1.807) is 6.07 Å². The Kier molecular flexibility index (Phi) is 2.75. The zero-order valence-corrected chi connectivity index (χ0v) is 9.62. The maximum Gasteiger partial charge on any atom is 0.157 e.